The zero-order valence-corrected chi connectivity index (χ0v) is 18.5. The highest BCUT2D eigenvalue weighted by atomic mass is 16.5. The maximum atomic E-state index is 11.4. The fourth-order valence-electron chi connectivity index (χ4n) is 4.87. The number of nitrogens with zero attached hydrogens (tertiary/aromatic N) is 3. The van der Waals surface area contributed by atoms with Gasteiger partial charge in [-0.3, -0.25) is 4.79 Å². The molecule has 5 rings (SSSR count). The van der Waals surface area contributed by atoms with E-state index in [9.17, 15) is 9.90 Å². The van der Waals surface area contributed by atoms with Crippen molar-refractivity contribution in [3.05, 3.63) is 42.6 Å². The van der Waals surface area contributed by atoms with Gasteiger partial charge < -0.3 is 19.7 Å². The first-order valence-electron chi connectivity index (χ1n) is 11.6. The number of para-hydroxylation sites is 2. The largest absolute Gasteiger partial charge is 0.481 e. The predicted octanol–water partition coefficient (Wildman–Crippen LogP) is 4.64. The number of fused-ring (bicyclic) bond motifs is 1. The van der Waals surface area contributed by atoms with E-state index in [4.69, 9.17) is 9.72 Å². The lowest BCUT2D eigenvalue weighted by Crippen LogP contribution is -2.41. The van der Waals surface area contributed by atoms with E-state index in [1.165, 1.54) is 0 Å². The maximum Gasteiger partial charge on any atom is 0.309 e. The number of nitrogens with one attached hydrogen (secondary N) is 1. The average Bonchev–Trinajstić information content (AvgIpc) is 3.26. The molecule has 168 valence electrons. The molecule has 7 heteroatoms. The highest BCUT2D eigenvalue weighted by Gasteiger charge is 2.38. The van der Waals surface area contributed by atoms with Crippen LogP contribution in [-0.4, -0.2) is 51.3 Å². The molecule has 3 heterocycles. The van der Waals surface area contributed by atoms with Crippen LogP contribution >= 0.6 is 0 Å². The molecule has 2 fully saturated rings. The van der Waals surface area contributed by atoms with Crippen LogP contribution in [0.5, 0.6) is 0 Å². The van der Waals surface area contributed by atoms with Crippen molar-refractivity contribution in [3.8, 4) is 11.4 Å². The second-order valence-corrected chi connectivity index (χ2v) is 9.40. The molecule has 32 heavy (non-hydrogen) atoms. The first kappa shape index (κ1) is 20.9. The summed E-state index contributed by atoms with van der Waals surface area (Å²) in [7, 11) is 0. The molecule has 0 atom stereocenters. The van der Waals surface area contributed by atoms with Gasteiger partial charge in [-0.05, 0) is 69.7 Å². The van der Waals surface area contributed by atoms with Crippen molar-refractivity contribution in [2.45, 2.75) is 57.7 Å². The van der Waals surface area contributed by atoms with Gasteiger partial charge in [-0.15, -0.1) is 0 Å². The lowest BCUT2D eigenvalue weighted by Gasteiger charge is -2.38. The third-order valence-corrected chi connectivity index (χ3v) is 7.11. The summed E-state index contributed by atoms with van der Waals surface area (Å²) < 4.78 is 6.34. The molecule has 1 aromatic carbocycles. The number of H-pyrrole nitrogens is 1. The smallest absolute Gasteiger partial charge is 0.309 e. The summed E-state index contributed by atoms with van der Waals surface area (Å²) in [5, 5.41) is 9.40. The summed E-state index contributed by atoms with van der Waals surface area (Å²) >= 11 is 0. The molecule has 1 saturated heterocycles. The number of carboxylic acids is 1. The average molecular weight is 435 g/mol. The molecule has 0 bridgehead atoms. The number of carboxylic acid groups (broad SMARTS) is 1. The van der Waals surface area contributed by atoms with Crippen LogP contribution in [0.4, 0.5) is 5.82 Å². The lowest BCUT2D eigenvalue weighted by molar-refractivity contribution is -0.152. The molecule has 0 radical (unpaired) electrons. The SMILES string of the molecule is C[C@]1(C(=O)O)CC[C@@H](OC2CCN(c3ccc(-c4nc5ccccc5[nH]4)cn3)CC2)CC1. The topological polar surface area (TPSA) is 91.3 Å². The summed E-state index contributed by atoms with van der Waals surface area (Å²) in [6.07, 6.45) is 7.36. The molecule has 3 aromatic rings. The van der Waals surface area contributed by atoms with Gasteiger partial charge in [0, 0.05) is 24.8 Å². The van der Waals surface area contributed by atoms with Crippen LogP contribution < -0.4 is 4.90 Å². The van der Waals surface area contributed by atoms with Gasteiger partial charge in [0.05, 0.1) is 28.7 Å². The van der Waals surface area contributed by atoms with Gasteiger partial charge in [0.1, 0.15) is 11.6 Å². The van der Waals surface area contributed by atoms with E-state index in [1.807, 2.05) is 37.4 Å². The third kappa shape index (κ3) is 4.21. The number of aliphatic carboxylic acids is 1. The maximum absolute atomic E-state index is 11.4. The van der Waals surface area contributed by atoms with E-state index in [2.05, 4.69) is 27.0 Å². The van der Waals surface area contributed by atoms with E-state index in [-0.39, 0.29) is 12.2 Å². The highest BCUT2D eigenvalue weighted by Crippen LogP contribution is 2.38. The molecule has 0 spiro atoms. The fourth-order valence-corrected chi connectivity index (χ4v) is 4.87. The van der Waals surface area contributed by atoms with Crippen LogP contribution in [-0.2, 0) is 9.53 Å². The Bertz CT molecular complexity index is 1050. The Morgan fingerprint density at radius 1 is 1.09 bits per heavy atom. The van der Waals surface area contributed by atoms with Gasteiger partial charge in [0.2, 0.25) is 0 Å². The molecule has 1 saturated carbocycles. The van der Waals surface area contributed by atoms with Gasteiger partial charge in [-0.25, -0.2) is 9.97 Å². The molecule has 0 unspecified atom stereocenters. The summed E-state index contributed by atoms with van der Waals surface area (Å²) in [4.78, 5) is 26.4. The summed E-state index contributed by atoms with van der Waals surface area (Å²) in [6, 6.07) is 12.2. The van der Waals surface area contributed by atoms with Crippen LogP contribution in [0.2, 0.25) is 0 Å². The van der Waals surface area contributed by atoms with E-state index >= 15 is 0 Å². The monoisotopic (exact) mass is 434 g/mol. The number of carbonyl (C=O) groups is 1. The molecule has 2 N–H and O–H groups in total. The quantitative estimate of drug-likeness (QED) is 0.608. The Kier molecular flexibility index (Phi) is 5.59. The number of piperidine rings is 1. The van der Waals surface area contributed by atoms with Crippen molar-refractivity contribution in [3.63, 3.8) is 0 Å². The number of hydrogen-bond donors (Lipinski definition) is 2. The van der Waals surface area contributed by atoms with Crippen molar-refractivity contribution in [1.29, 1.82) is 0 Å². The van der Waals surface area contributed by atoms with Crippen LogP contribution in [0.3, 0.4) is 0 Å². The number of imidazole rings is 1. The van der Waals surface area contributed by atoms with Crippen LogP contribution in [0.1, 0.15) is 45.4 Å². The molecule has 7 nitrogen and oxygen atoms in total. The molecular weight excluding hydrogens is 404 g/mol. The summed E-state index contributed by atoms with van der Waals surface area (Å²) in [6.45, 7) is 3.69. The van der Waals surface area contributed by atoms with Gasteiger partial charge >= 0.3 is 5.97 Å². The van der Waals surface area contributed by atoms with E-state index in [1.54, 1.807) is 0 Å². The van der Waals surface area contributed by atoms with Gasteiger partial charge in [-0.1, -0.05) is 12.1 Å². The van der Waals surface area contributed by atoms with Gasteiger partial charge in [-0.2, -0.15) is 0 Å². The van der Waals surface area contributed by atoms with E-state index < -0.39 is 11.4 Å². The number of ether oxygens (including phenoxy) is 1. The molecule has 2 aromatic heterocycles. The number of hydrogen-bond acceptors (Lipinski definition) is 5. The molecule has 2 aliphatic rings. The summed E-state index contributed by atoms with van der Waals surface area (Å²) in [5.41, 5.74) is 2.39. The fraction of sp³-hybridized carbons (Fsp3) is 0.480. The zero-order chi connectivity index (χ0) is 22.1. The Morgan fingerprint density at radius 3 is 2.47 bits per heavy atom. The van der Waals surface area contributed by atoms with Gasteiger partial charge in [0.25, 0.3) is 0 Å². The number of rotatable bonds is 5. The number of pyridine rings is 1. The van der Waals surface area contributed by atoms with Crippen molar-refractivity contribution in [1.82, 2.24) is 15.0 Å². The predicted molar refractivity (Wildman–Crippen MR) is 124 cm³/mol. The first-order valence-corrected chi connectivity index (χ1v) is 11.6. The standard InChI is InChI=1S/C25H30N4O3/c1-25(24(30)31)12-8-18(9-13-25)32-19-10-14-29(15-11-19)22-7-6-17(16-26-22)23-27-20-4-2-3-5-21(20)28-23/h2-7,16,18-19H,8-15H2,1H3,(H,27,28)(H,30,31)/t18-,25+. The van der Waals surface area contributed by atoms with Gasteiger partial charge in [0.15, 0.2) is 0 Å². The minimum absolute atomic E-state index is 0.195. The van der Waals surface area contributed by atoms with Crippen molar-refractivity contribution < 1.29 is 14.6 Å². The Balaban J connectivity index is 1.14. The minimum atomic E-state index is -0.678. The first-order chi connectivity index (χ1) is 15.5. The molecule has 1 aliphatic heterocycles. The highest BCUT2D eigenvalue weighted by molar-refractivity contribution is 5.79. The van der Waals surface area contributed by atoms with E-state index in [0.717, 1.165) is 67.0 Å². The van der Waals surface area contributed by atoms with Crippen molar-refractivity contribution in [2.24, 2.45) is 5.41 Å². The van der Waals surface area contributed by atoms with Crippen molar-refractivity contribution >= 4 is 22.8 Å². The molecular formula is C25H30N4O3. The number of aromatic amines is 1. The second-order valence-electron chi connectivity index (χ2n) is 9.40. The van der Waals surface area contributed by atoms with Crippen LogP contribution in [0.25, 0.3) is 22.4 Å². The number of benzene rings is 1. The van der Waals surface area contributed by atoms with Crippen LogP contribution in [0, 0.1) is 5.41 Å². The second kappa shape index (κ2) is 8.54. The molecule has 1 aliphatic carbocycles. The zero-order valence-electron chi connectivity index (χ0n) is 18.5. The van der Waals surface area contributed by atoms with E-state index in [0.29, 0.717) is 12.8 Å². The number of aromatic nitrogens is 3. The third-order valence-electron chi connectivity index (χ3n) is 7.11. The lowest BCUT2D eigenvalue weighted by atomic mass is 9.75. The van der Waals surface area contributed by atoms with Crippen molar-refractivity contribution in [2.75, 3.05) is 18.0 Å². The Hall–Kier alpha value is -2.93. The summed E-state index contributed by atoms with van der Waals surface area (Å²) in [5.74, 6) is 1.14. The Labute approximate surface area is 187 Å². The minimum Gasteiger partial charge on any atom is -0.481 e. The van der Waals surface area contributed by atoms with Crippen LogP contribution in [0.15, 0.2) is 42.6 Å². The Morgan fingerprint density at radius 2 is 1.81 bits per heavy atom. The molecule has 0 amide bonds. The normalized spacial score (nSPS) is 24.7. The number of anilines is 1.